The molecule has 0 spiro atoms. The van der Waals surface area contributed by atoms with Gasteiger partial charge in [0.15, 0.2) is 0 Å². The molecule has 0 radical (unpaired) electrons. The summed E-state index contributed by atoms with van der Waals surface area (Å²) in [4.78, 5) is 23.6. The predicted molar refractivity (Wildman–Crippen MR) is 62.5 cm³/mol. The highest BCUT2D eigenvalue weighted by Crippen LogP contribution is 2.29. The Morgan fingerprint density at radius 1 is 1.50 bits per heavy atom. The number of nitrogens with zero attached hydrogens (tertiary/aromatic N) is 1. The van der Waals surface area contributed by atoms with Crippen LogP contribution in [0.5, 0.6) is 0 Å². The summed E-state index contributed by atoms with van der Waals surface area (Å²) in [6, 6.07) is 5.68. The van der Waals surface area contributed by atoms with Crippen molar-refractivity contribution in [2.24, 2.45) is 0 Å². The number of carbonyl (C=O) groups is 2. The van der Waals surface area contributed by atoms with Crippen molar-refractivity contribution in [1.82, 2.24) is 0 Å². The van der Waals surface area contributed by atoms with Gasteiger partial charge < -0.3 is 10.2 Å². The zero-order valence-electron chi connectivity index (χ0n) is 9.19. The molecular weight excluding hydrogens is 204 g/mol. The van der Waals surface area contributed by atoms with Crippen LogP contribution in [0.2, 0.25) is 0 Å². The minimum absolute atomic E-state index is 0.0456. The van der Waals surface area contributed by atoms with E-state index in [1.165, 1.54) is 0 Å². The molecule has 1 aromatic rings. The van der Waals surface area contributed by atoms with Crippen LogP contribution in [0.3, 0.4) is 0 Å². The number of hydrogen-bond donors (Lipinski definition) is 1. The van der Waals surface area contributed by atoms with E-state index < -0.39 is 0 Å². The van der Waals surface area contributed by atoms with Gasteiger partial charge in [0.1, 0.15) is 0 Å². The molecule has 1 N–H and O–H groups in total. The van der Waals surface area contributed by atoms with Crippen LogP contribution in [0, 0.1) is 0 Å². The maximum absolute atomic E-state index is 11.5. The molecule has 0 bridgehead atoms. The lowest BCUT2D eigenvalue weighted by atomic mass is 10.0. The Morgan fingerprint density at radius 2 is 2.31 bits per heavy atom. The molecule has 4 heteroatoms. The lowest BCUT2D eigenvalue weighted by Crippen LogP contribution is -2.33. The van der Waals surface area contributed by atoms with Gasteiger partial charge in [-0.25, -0.2) is 0 Å². The first-order chi connectivity index (χ1) is 7.72. The molecule has 16 heavy (non-hydrogen) atoms. The molecule has 1 heterocycles. The average Bonchev–Trinajstić information content (AvgIpc) is 2.28. The fraction of sp³-hybridized carbons (Fsp3) is 0.333. The smallest absolute Gasteiger partial charge is 0.223 e. The Hall–Kier alpha value is -1.84. The molecule has 1 aliphatic rings. The molecule has 0 atom stereocenters. The minimum atomic E-state index is 0.0456. The number of hydrogen-bond acceptors (Lipinski definition) is 2. The van der Waals surface area contributed by atoms with Crippen molar-refractivity contribution in [3.63, 3.8) is 0 Å². The Balaban J connectivity index is 2.40. The van der Waals surface area contributed by atoms with Crippen molar-refractivity contribution < 1.29 is 9.59 Å². The maximum atomic E-state index is 11.5. The molecule has 2 rings (SSSR count). The van der Waals surface area contributed by atoms with Crippen molar-refractivity contribution in [1.29, 1.82) is 0 Å². The number of fused-ring (bicyclic) bond motifs is 1. The molecular formula is C12H14N2O2. The Labute approximate surface area is 94.2 Å². The van der Waals surface area contributed by atoms with E-state index in [9.17, 15) is 9.59 Å². The van der Waals surface area contributed by atoms with E-state index in [4.69, 9.17) is 0 Å². The molecule has 0 aliphatic carbocycles. The highest BCUT2D eigenvalue weighted by molar-refractivity contribution is 5.93. The largest absolute Gasteiger partial charge is 0.329 e. The maximum Gasteiger partial charge on any atom is 0.223 e. The quantitative estimate of drug-likeness (QED) is 0.766. The normalized spacial score (nSPS) is 14.2. The van der Waals surface area contributed by atoms with Gasteiger partial charge in [0.05, 0.1) is 0 Å². The van der Waals surface area contributed by atoms with Crippen LogP contribution >= 0.6 is 0 Å². The summed E-state index contributed by atoms with van der Waals surface area (Å²) >= 11 is 0. The number of anilines is 2. The van der Waals surface area contributed by atoms with Gasteiger partial charge in [-0.1, -0.05) is 6.07 Å². The van der Waals surface area contributed by atoms with Crippen LogP contribution in [0.25, 0.3) is 0 Å². The second kappa shape index (κ2) is 4.35. The summed E-state index contributed by atoms with van der Waals surface area (Å²) in [6.45, 7) is 2.32. The van der Waals surface area contributed by atoms with Gasteiger partial charge in [-0.3, -0.25) is 9.59 Å². The van der Waals surface area contributed by atoms with Crippen LogP contribution in [-0.2, 0) is 16.0 Å². The molecule has 0 fully saturated rings. The van der Waals surface area contributed by atoms with E-state index in [0.717, 1.165) is 36.3 Å². The summed E-state index contributed by atoms with van der Waals surface area (Å²) in [5.74, 6) is 0.0456. The van der Waals surface area contributed by atoms with E-state index >= 15 is 0 Å². The van der Waals surface area contributed by atoms with Gasteiger partial charge in [-0.2, -0.15) is 0 Å². The van der Waals surface area contributed by atoms with Gasteiger partial charge in [0.25, 0.3) is 0 Å². The minimum Gasteiger partial charge on any atom is -0.329 e. The van der Waals surface area contributed by atoms with E-state index in [1.807, 2.05) is 18.2 Å². The van der Waals surface area contributed by atoms with Crippen LogP contribution < -0.4 is 10.2 Å². The molecule has 84 valence electrons. The fourth-order valence-electron chi connectivity index (χ4n) is 2.06. The summed E-state index contributed by atoms with van der Waals surface area (Å²) in [5.41, 5.74) is 2.81. The number of rotatable bonds is 2. The van der Waals surface area contributed by atoms with E-state index in [2.05, 4.69) is 5.32 Å². The predicted octanol–water partition coefficient (Wildman–Crippen LogP) is 1.55. The van der Waals surface area contributed by atoms with Gasteiger partial charge in [0.2, 0.25) is 12.3 Å². The third-order valence-electron chi connectivity index (χ3n) is 2.81. The lowest BCUT2D eigenvalue weighted by Gasteiger charge is -2.28. The van der Waals surface area contributed by atoms with Crippen LogP contribution in [0.4, 0.5) is 11.4 Å². The molecule has 0 aromatic heterocycles. The number of carbonyl (C=O) groups excluding carboxylic acids is 2. The van der Waals surface area contributed by atoms with Gasteiger partial charge in [-0.15, -0.1) is 0 Å². The fourth-order valence-corrected chi connectivity index (χ4v) is 2.06. The second-order valence-electron chi connectivity index (χ2n) is 3.88. The Morgan fingerprint density at radius 3 is 3.00 bits per heavy atom. The van der Waals surface area contributed by atoms with Gasteiger partial charge >= 0.3 is 0 Å². The zero-order valence-corrected chi connectivity index (χ0v) is 9.19. The van der Waals surface area contributed by atoms with Crippen molar-refractivity contribution in [2.45, 2.75) is 19.8 Å². The number of benzene rings is 1. The van der Waals surface area contributed by atoms with E-state index in [0.29, 0.717) is 6.41 Å². The highest BCUT2D eigenvalue weighted by atomic mass is 16.2. The molecule has 0 saturated carbocycles. The summed E-state index contributed by atoms with van der Waals surface area (Å²) < 4.78 is 0. The monoisotopic (exact) mass is 218 g/mol. The second-order valence-corrected chi connectivity index (χ2v) is 3.88. The molecule has 2 amide bonds. The van der Waals surface area contributed by atoms with Crippen molar-refractivity contribution >= 4 is 23.7 Å². The molecule has 1 aliphatic heterocycles. The van der Waals surface area contributed by atoms with Crippen LogP contribution in [-0.4, -0.2) is 18.9 Å². The molecule has 4 nitrogen and oxygen atoms in total. The average molecular weight is 218 g/mol. The number of nitrogens with one attached hydrogen (secondary N) is 1. The number of aryl methyl sites for hydroxylation is 1. The topological polar surface area (TPSA) is 49.4 Å². The third kappa shape index (κ3) is 1.91. The summed E-state index contributed by atoms with van der Waals surface area (Å²) in [5, 5.41) is 2.60. The van der Waals surface area contributed by atoms with Gasteiger partial charge in [-0.05, 0) is 30.5 Å². The Kier molecular flexibility index (Phi) is 2.90. The lowest BCUT2D eigenvalue weighted by molar-refractivity contribution is -0.116. The molecule has 1 aromatic carbocycles. The summed E-state index contributed by atoms with van der Waals surface area (Å²) in [6.07, 6.45) is 2.62. The van der Waals surface area contributed by atoms with Crippen molar-refractivity contribution in [3.05, 3.63) is 23.8 Å². The van der Waals surface area contributed by atoms with E-state index in [1.54, 1.807) is 11.8 Å². The van der Waals surface area contributed by atoms with Crippen LogP contribution in [0.1, 0.15) is 18.9 Å². The van der Waals surface area contributed by atoms with Crippen molar-refractivity contribution in [3.8, 4) is 0 Å². The van der Waals surface area contributed by atoms with Crippen molar-refractivity contribution in [2.75, 3.05) is 16.8 Å². The number of amides is 2. The Bertz CT molecular complexity index is 429. The third-order valence-corrected chi connectivity index (χ3v) is 2.81. The first-order valence-electron chi connectivity index (χ1n) is 5.33. The highest BCUT2D eigenvalue weighted by Gasteiger charge is 2.19. The molecule has 0 saturated heterocycles. The summed E-state index contributed by atoms with van der Waals surface area (Å²) in [7, 11) is 0. The zero-order chi connectivity index (χ0) is 11.5. The first-order valence-corrected chi connectivity index (χ1v) is 5.33. The molecule has 0 unspecified atom stereocenters. The van der Waals surface area contributed by atoms with Crippen LogP contribution in [0.15, 0.2) is 18.2 Å². The van der Waals surface area contributed by atoms with Gasteiger partial charge in [0, 0.05) is 24.8 Å². The standard InChI is InChI=1S/C12H14N2O2/c1-9(16)14-6-2-3-10-4-5-11(13-8-15)7-12(10)14/h4-5,7-8H,2-3,6H2,1H3,(H,13,15). The first kappa shape index (κ1) is 10.7. The SMILES string of the molecule is CC(=O)N1CCCc2ccc(NC=O)cc21. The van der Waals surface area contributed by atoms with E-state index in [-0.39, 0.29) is 5.91 Å².